The van der Waals surface area contributed by atoms with E-state index in [2.05, 4.69) is 15.4 Å². The van der Waals surface area contributed by atoms with E-state index < -0.39 is 16.0 Å². The largest absolute Gasteiger partial charge is 0.477 e. The Kier molecular flexibility index (Phi) is 8.57. The molecule has 190 valence electrons. The molecule has 0 amide bonds. The summed E-state index contributed by atoms with van der Waals surface area (Å²) in [7, 11) is -3.76. The van der Waals surface area contributed by atoms with Crippen LogP contribution in [0.4, 0.5) is 17.6 Å². The van der Waals surface area contributed by atoms with Crippen LogP contribution in [0.2, 0.25) is 0 Å². The van der Waals surface area contributed by atoms with Crippen molar-refractivity contribution in [2.45, 2.75) is 31.6 Å². The number of rotatable bonds is 7. The van der Waals surface area contributed by atoms with E-state index in [4.69, 9.17) is 16.0 Å². The summed E-state index contributed by atoms with van der Waals surface area (Å²) in [4.78, 5) is 30.0. The van der Waals surface area contributed by atoms with E-state index >= 15 is 0 Å². The minimum Gasteiger partial charge on any atom is -0.477 e. The molecule has 0 atom stereocenters. The van der Waals surface area contributed by atoms with Crippen molar-refractivity contribution in [3.63, 3.8) is 0 Å². The zero-order valence-electron chi connectivity index (χ0n) is 19.3. The molecule has 0 spiro atoms. The van der Waals surface area contributed by atoms with Crippen molar-refractivity contribution in [3.05, 3.63) is 68.0 Å². The van der Waals surface area contributed by atoms with Crippen molar-refractivity contribution in [2.75, 3.05) is 11.1 Å². The summed E-state index contributed by atoms with van der Waals surface area (Å²) in [5.74, 6) is -1.13. The molecule has 0 saturated carbocycles. The summed E-state index contributed by atoms with van der Waals surface area (Å²) in [6, 6.07) is 12.8. The van der Waals surface area contributed by atoms with E-state index in [9.17, 15) is 18.0 Å². The molecule has 14 heteroatoms. The van der Waals surface area contributed by atoms with Gasteiger partial charge >= 0.3 is 5.97 Å². The van der Waals surface area contributed by atoms with Crippen molar-refractivity contribution >= 4 is 62.2 Å². The average molecular weight is 549 g/mol. The number of nitrogens with zero attached hydrogens (tertiary/aromatic N) is 3. The monoisotopic (exact) mass is 548 g/mol. The third-order valence-corrected chi connectivity index (χ3v) is 8.07. The maximum absolute atomic E-state index is 12.5. The molecule has 0 fully saturated rings. The van der Waals surface area contributed by atoms with Crippen LogP contribution in [0.3, 0.4) is 0 Å². The zero-order chi connectivity index (χ0) is 26.5. The van der Waals surface area contributed by atoms with Gasteiger partial charge in [-0.1, -0.05) is 13.8 Å². The fourth-order valence-corrected chi connectivity index (χ4v) is 5.03. The highest BCUT2D eigenvalue weighted by atomic mass is 32.2. The predicted molar refractivity (Wildman–Crippen MR) is 140 cm³/mol. The number of thiophene rings is 2. The number of primary sulfonamides is 1. The van der Waals surface area contributed by atoms with E-state index in [0.717, 1.165) is 27.3 Å². The van der Waals surface area contributed by atoms with E-state index in [1.54, 1.807) is 12.1 Å². The number of benzene rings is 1. The smallest absolute Gasteiger partial charge is 0.345 e. The van der Waals surface area contributed by atoms with Crippen LogP contribution in [0.5, 0.6) is 0 Å². The van der Waals surface area contributed by atoms with Crippen molar-refractivity contribution in [1.29, 1.82) is 0 Å². The Bertz CT molecular complexity index is 1470. The van der Waals surface area contributed by atoms with E-state index in [1.807, 2.05) is 26.0 Å². The lowest BCUT2D eigenvalue weighted by atomic mass is 10.3. The average Bonchev–Trinajstić information content (AvgIpc) is 3.58. The van der Waals surface area contributed by atoms with Gasteiger partial charge in [-0.3, -0.25) is 4.79 Å². The molecule has 0 bridgehead atoms. The number of sulfonamides is 1. The number of nitrogens with two attached hydrogens (primary N) is 2. The summed E-state index contributed by atoms with van der Waals surface area (Å²) in [6.07, 6.45) is 1.75. The summed E-state index contributed by atoms with van der Waals surface area (Å²) in [5.41, 5.74) is 6.31. The Morgan fingerprint density at radius 1 is 0.972 bits per heavy atom. The number of carboxylic acid groups (broad SMARTS) is 1. The third kappa shape index (κ3) is 6.75. The maximum Gasteiger partial charge on any atom is 0.345 e. The number of aryl methyl sites for hydroxylation is 2. The SMILES string of the molecule is CCc1ccc(C(=O)O)s1.CCc1ccc(C(=O)n2nc(Nc3ccc(S(N)(=O)=O)cc3)nc2N)s1. The van der Waals surface area contributed by atoms with Crippen LogP contribution in [-0.4, -0.2) is 40.2 Å². The van der Waals surface area contributed by atoms with E-state index in [-0.39, 0.29) is 22.7 Å². The Morgan fingerprint density at radius 2 is 1.53 bits per heavy atom. The van der Waals surface area contributed by atoms with Crippen LogP contribution in [0.25, 0.3) is 0 Å². The molecule has 4 aromatic rings. The van der Waals surface area contributed by atoms with Gasteiger partial charge in [-0.15, -0.1) is 27.8 Å². The molecular formula is C22H24N6O5S3. The van der Waals surface area contributed by atoms with Gasteiger partial charge in [-0.05, 0) is 61.4 Å². The lowest BCUT2D eigenvalue weighted by Crippen LogP contribution is -2.15. The normalized spacial score (nSPS) is 11.0. The van der Waals surface area contributed by atoms with Crippen LogP contribution in [0.15, 0.2) is 53.4 Å². The van der Waals surface area contributed by atoms with Gasteiger partial charge in [0.05, 0.1) is 9.77 Å². The lowest BCUT2D eigenvalue weighted by Gasteiger charge is -2.03. The number of aromatic carboxylic acids is 1. The minimum absolute atomic E-state index is 0.0133. The second kappa shape index (κ2) is 11.4. The molecule has 0 aliphatic heterocycles. The molecule has 6 N–H and O–H groups in total. The number of anilines is 3. The van der Waals surface area contributed by atoms with Crippen LogP contribution in [0.1, 0.15) is 42.9 Å². The van der Waals surface area contributed by atoms with Crippen LogP contribution >= 0.6 is 22.7 Å². The van der Waals surface area contributed by atoms with Gasteiger partial charge in [0.25, 0.3) is 5.91 Å². The van der Waals surface area contributed by atoms with E-state index in [0.29, 0.717) is 15.4 Å². The fourth-order valence-electron chi connectivity index (χ4n) is 2.85. The number of nitrogen functional groups attached to an aromatic ring is 1. The van der Waals surface area contributed by atoms with Gasteiger partial charge in [0, 0.05) is 15.4 Å². The minimum atomic E-state index is -3.76. The van der Waals surface area contributed by atoms with Gasteiger partial charge in [0.1, 0.15) is 4.88 Å². The Morgan fingerprint density at radius 3 is 2.00 bits per heavy atom. The number of carbonyl (C=O) groups is 2. The predicted octanol–water partition coefficient (Wildman–Crippen LogP) is 3.57. The molecular weight excluding hydrogens is 524 g/mol. The van der Waals surface area contributed by atoms with E-state index in [1.165, 1.54) is 46.9 Å². The molecule has 0 saturated heterocycles. The Labute approximate surface area is 215 Å². The molecule has 3 aromatic heterocycles. The van der Waals surface area contributed by atoms with Crippen molar-refractivity contribution < 1.29 is 23.1 Å². The molecule has 11 nitrogen and oxygen atoms in total. The van der Waals surface area contributed by atoms with Crippen molar-refractivity contribution in [3.8, 4) is 0 Å². The van der Waals surface area contributed by atoms with Crippen LogP contribution < -0.4 is 16.2 Å². The highest BCUT2D eigenvalue weighted by molar-refractivity contribution is 7.89. The third-order valence-electron chi connectivity index (χ3n) is 4.71. The van der Waals surface area contributed by atoms with Crippen LogP contribution in [0, 0.1) is 0 Å². The Hall–Kier alpha value is -3.59. The number of hydrogen-bond donors (Lipinski definition) is 4. The summed E-state index contributed by atoms with van der Waals surface area (Å²) < 4.78 is 23.5. The van der Waals surface area contributed by atoms with Crippen molar-refractivity contribution in [2.24, 2.45) is 5.14 Å². The number of hydrogen-bond acceptors (Lipinski definition) is 10. The molecule has 0 aliphatic carbocycles. The molecule has 0 unspecified atom stereocenters. The second-order valence-corrected chi connectivity index (χ2v) is 11.1. The molecule has 36 heavy (non-hydrogen) atoms. The van der Waals surface area contributed by atoms with Gasteiger partial charge in [0.2, 0.25) is 21.9 Å². The van der Waals surface area contributed by atoms with Crippen molar-refractivity contribution in [1.82, 2.24) is 14.8 Å². The number of carbonyl (C=O) groups excluding carboxylic acids is 1. The topological polar surface area (TPSA) is 183 Å². The summed E-state index contributed by atoms with van der Waals surface area (Å²) in [5, 5.41) is 20.5. The number of aromatic nitrogens is 3. The van der Waals surface area contributed by atoms with Crippen LogP contribution in [-0.2, 0) is 22.9 Å². The van der Waals surface area contributed by atoms with Gasteiger partial charge in [0.15, 0.2) is 0 Å². The first-order chi connectivity index (χ1) is 17.0. The highest BCUT2D eigenvalue weighted by Gasteiger charge is 2.18. The maximum atomic E-state index is 12.5. The molecule has 3 heterocycles. The Balaban J connectivity index is 0.000000303. The summed E-state index contributed by atoms with van der Waals surface area (Å²) in [6.45, 7) is 4.02. The summed E-state index contributed by atoms with van der Waals surface area (Å²) >= 11 is 2.72. The highest BCUT2D eigenvalue weighted by Crippen LogP contribution is 2.21. The second-order valence-electron chi connectivity index (χ2n) is 7.25. The number of carboxylic acids is 1. The molecule has 0 aliphatic rings. The first kappa shape index (κ1) is 27.0. The quantitative estimate of drug-likeness (QED) is 0.268. The molecule has 1 aromatic carbocycles. The first-order valence-electron chi connectivity index (χ1n) is 10.6. The molecule has 4 rings (SSSR count). The van der Waals surface area contributed by atoms with Gasteiger partial charge in [-0.2, -0.15) is 9.67 Å². The standard InChI is InChI=1S/C15H16N6O3S2.C7H8O2S/c1-2-10-5-8-12(25-10)13(22)21-14(16)19-15(20-21)18-9-3-6-11(7-4-9)26(17,23)24;1-2-5-3-4-6(10-5)7(8)9/h3-8H,2H2,1H3,(H2,17,23,24)(H3,16,18,19,20);3-4H,2H2,1H3,(H,8,9). The zero-order valence-corrected chi connectivity index (χ0v) is 21.8. The fraction of sp³-hybridized carbons (Fsp3) is 0.182. The number of nitrogens with one attached hydrogen (secondary N) is 1. The van der Waals surface area contributed by atoms with Gasteiger partial charge < -0.3 is 16.2 Å². The molecule has 0 radical (unpaired) electrons. The first-order valence-corrected chi connectivity index (χ1v) is 13.8. The lowest BCUT2D eigenvalue weighted by molar-refractivity contribution is 0.0702. The van der Waals surface area contributed by atoms with Gasteiger partial charge in [-0.25, -0.2) is 18.4 Å².